The summed E-state index contributed by atoms with van der Waals surface area (Å²) in [6.45, 7) is 6.01. The van der Waals surface area contributed by atoms with E-state index in [1.54, 1.807) is 12.4 Å². The first-order chi connectivity index (χ1) is 10.8. The van der Waals surface area contributed by atoms with Gasteiger partial charge in [-0.2, -0.15) is 0 Å². The average molecular weight is 317 g/mol. The van der Waals surface area contributed by atoms with Crippen molar-refractivity contribution in [2.75, 3.05) is 6.54 Å². The number of aromatic nitrogens is 3. The number of carbonyl (C=O) groups excluding carboxylic acids is 1. The number of hydrogen-bond acceptors (Lipinski definition) is 5. The Labute approximate surface area is 136 Å². The van der Waals surface area contributed by atoms with Crippen LogP contribution in [-0.4, -0.2) is 32.8 Å². The Morgan fingerprint density at radius 2 is 2.17 bits per heavy atom. The van der Waals surface area contributed by atoms with Crippen LogP contribution >= 0.6 is 0 Å². The maximum absolute atomic E-state index is 11.5. The van der Waals surface area contributed by atoms with Crippen LogP contribution in [-0.2, 0) is 18.2 Å². The number of ether oxygens (including phenoxy) is 1. The maximum atomic E-state index is 11.5. The highest BCUT2D eigenvalue weighted by molar-refractivity contribution is 5.66. The van der Waals surface area contributed by atoms with E-state index in [4.69, 9.17) is 4.74 Å². The Balaban J connectivity index is 1.83. The number of hydrogen-bond donors (Lipinski definition) is 2. The van der Waals surface area contributed by atoms with Crippen molar-refractivity contribution in [3.8, 4) is 11.3 Å². The molecule has 0 aliphatic carbocycles. The molecule has 2 rings (SSSR count). The van der Waals surface area contributed by atoms with E-state index in [9.17, 15) is 4.79 Å². The second kappa shape index (κ2) is 7.23. The molecule has 0 unspecified atom stereocenters. The second-order valence-corrected chi connectivity index (χ2v) is 6.20. The normalized spacial score (nSPS) is 11.3. The van der Waals surface area contributed by atoms with E-state index in [0.29, 0.717) is 13.0 Å². The largest absolute Gasteiger partial charge is 0.443 e. The third-order valence-corrected chi connectivity index (χ3v) is 2.99. The standard InChI is InChI=1S/C16H23N5O2/c1-16(2,3)23-15(22)20-18-9-7-14-19-13(11-21(14)4)12-6-5-8-17-10-12/h5-6,8,10-11,18H,7,9H2,1-4H3,(H,20,22). The Morgan fingerprint density at radius 3 is 2.83 bits per heavy atom. The Morgan fingerprint density at radius 1 is 1.39 bits per heavy atom. The molecule has 0 atom stereocenters. The third kappa shape index (κ3) is 5.37. The Kier molecular flexibility index (Phi) is 5.33. The molecule has 1 amide bonds. The van der Waals surface area contributed by atoms with Crippen LogP contribution in [0.1, 0.15) is 26.6 Å². The molecule has 0 aliphatic rings. The minimum atomic E-state index is -0.510. The van der Waals surface area contributed by atoms with Crippen molar-refractivity contribution in [3.05, 3.63) is 36.5 Å². The zero-order chi connectivity index (χ0) is 16.9. The molecule has 0 aromatic carbocycles. The van der Waals surface area contributed by atoms with E-state index < -0.39 is 11.7 Å². The number of rotatable bonds is 5. The van der Waals surface area contributed by atoms with Crippen LogP contribution in [0.5, 0.6) is 0 Å². The highest BCUT2D eigenvalue weighted by Gasteiger charge is 2.15. The summed E-state index contributed by atoms with van der Waals surface area (Å²) in [6.07, 6.45) is 5.67. The van der Waals surface area contributed by atoms with Gasteiger partial charge in [-0.05, 0) is 32.9 Å². The number of nitrogens with one attached hydrogen (secondary N) is 2. The first-order valence-corrected chi connectivity index (χ1v) is 7.49. The number of pyridine rings is 1. The van der Waals surface area contributed by atoms with Gasteiger partial charge in [-0.25, -0.2) is 15.2 Å². The van der Waals surface area contributed by atoms with Gasteiger partial charge < -0.3 is 9.30 Å². The summed E-state index contributed by atoms with van der Waals surface area (Å²) in [5.74, 6) is 0.919. The van der Waals surface area contributed by atoms with Gasteiger partial charge >= 0.3 is 6.09 Å². The molecular formula is C16H23N5O2. The van der Waals surface area contributed by atoms with Crippen molar-refractivity contribution in [3.63, 3.8) is 0 Å². The fourth-order valence-corrected chi connectivity index (χ4v) is 2.00. The van der Waals surface area contributed by atoms with Crippen molar-refractivity contribution in [1.29, 1.82) is 0 Å². The molecule has 7 heteroatoms. The van der Waals surface area contributed by atoms with Crippen LogP contribution in [0, 0.1) is 0 Å². The molecule has 2 aromatic rings. The molecule has 0 aliphatic heterocycles. The van der Waals surface area contributed by atoms with E-state index in [1.807, 2.05) is 50.7 Å². The quantitative estimate of drug-likeness (QED) is 0.651. The highest BCUT2D eigenvalue weighted by atomic mass is 16.6. The molecule has 2 heterocycles. The first kappa shape index (κ1) is 17.0. The molecule has 0 spiro atoms. The molecule has 7 nitrogen and oxygen atoms in total. The molecular weight excluding hydrogens is 294 g/mol. The zero-order valence-electron chi connectivity index (χ0n) is 14.0. The van der Waals surface area contributed by atoms with Crippen molar-refractivity contribution in [1.82, 2.24) is 25.4 Å². The lowest BCUT2D eigenvalue weighted by Crippen LogP contribution is -2.42. The van der Waals surface area contributed by atoms with Crippen molar-refractivity contribution >= 4 is 6.09 Å². The number of amides is 1. The lowest BCUT2D eigenvalue weighted by atomic mass is 10.2. The maximum Gasteiger partial charge on any atom is 0.422 e. The first-order valence-electron chi connectivity index (χ1n) is 7.49. The molecule has 0 saturated carbocycles. The van der Waals surface area contributed by atoms with Gasteiger partial charge in [-0.1, -0.05) is 0 Å². The lowest BCUT2D eigenvalue weighted by Gasteiger charge is -2.19. The van der Waals surface area contributed by atoms with Crippen molar-refractivity contribution < 1.29 is 9.53 Å². The molecule has 0 fully saturated rings. The van der Waals surface area contributed by atoms with Gasteiger partial charge in [0.2, 0.25) is 0 Å². The molecule has 124 valence electrons. The predicted octanol–water partition coefficient (Wildman–Crippen LogP) is 2.05. The van der Waals surface area contributed by atoms with Gasteiger partial charge in [0, 0.05) is 44.2 Å². The van der Waals surface area contributed by atoms with Gasteiger partial charge in [0.1, 0.15) is 11.4 Å². The van der Waals surface area contributed by atoms with Crippen LogP contribution in [0.15, 0.2) is 30.7 Å². The van der Waals surface area contributed by atoms with E-state index in [1.165, 1.54) is 0 Å². The van der Waals surface area contributed by atoms with Crippen molar-refractivity contribution in [2.45, 2.75) is 32.8 Å². The van der Waals surface area contributed by atoms with Crippen LogP contribution in [0.4, 0.5) is 4.79 Å². The summed E-state index contributed by atoms with van der Waals surface area (Å²) in [4.78, 5) is 20.2. The number of nitrogens with zero attached hydrogens (tertiary/aromatic N) is 3. The summed E-state index contributed by atoms with van der Waals surface area (Å²) in [5, 5.41) is 0. The van der Waals surface area contributed by atoms with E-state index in [0.717, 1.165) is 17.1 Å². The van der Waals surface area contributed by atoms with Gasteiger partial charge in [0.05, 0.1) is 5.69 Å². The number of hydrazine groups is 1. The van der Waals surface area contributed by atoms with Crippen molar-refractivity contribution in [2.24, 2.45) is 7.05 Å². The minimum absolute atomic E-state index is 0.492. The summed E-state index contributed by atoms with van der Waals surface area (Å²) in [5.41, 5.74) is 6.71. The van der Waals surface area contributed by atoms with E-state index >= 15 is 0 Å². The van der Waals surface area contributed by atoms with Crippen LogP contribution in [0.2, 0.25) is 0 Å². The predicted molar refractivity (Wildman–Crippen MR) is 87.5 cm³/mol. The van der Waals surface area contributed by atoms with Crippen LogP contribution < -0.4 is 10.9 Å². The average Bonchev–Trinajstić information content (AvgIpc) is 2.84. The highest BCUT2D eigenvalue weighted by Crippen LogP contribution is 2.16. The number of aryl methyl sites for hydroxylation is 1. The minimum Gasteiger partial charge on any atom is -0.443 e. The SMILES string of the molecule is Cn1cc(-c2cccnc2)nc1CCNNC(=O)OC(C)(C)C. The lowest BCUT2D eigenvalue weighted by molar-refractivity contribution is 0.0498. The van der Waals surface area contributed by atoms with Crippen LogP contribution in [0.3, 0.4) is 0 Å². The molecule has 23 heavy (non-hydrogen) atoms. The third-order valence-electron chi connectivity index (χ3n) is 2.99. The summed E-state index contributed by atoms with van der Waals surface area (Å²) in [6, 6.07) is 3.86. The van der Waals surface area contributed by atoms with E-state index in [-0.39, 0.29) is 0 Å². The molecule has 0 bridgehead atoms. The number of imidazole rings is 1. The fourth-order valence-electron chi connectivity index (χ4n) is 2.00. The monoisotopic (exact) mass is 317 g/mol. The fraction of sp³-hybridized carbons (Fsp3) is 0.438. The van der Waals surface area contributed by atoms with Gasteiger partial charge in [0.15, 0.2) is 0 Å². The molecule has 0 radical (unpaired) electrons. The smallest absolute Gasteiger partial charge is 0.422 e. The molecule has 0 saturated heterocycles. The second-order valence-electron chi connectivity index (χ2n) is 6.20. The van der Waals surface area contributed by atoms with Gasteiger partial charge in [-0.15, -0.1) is 0 Å². The summed E-state index contributed by atoms with van der Waals surface area (Å²) >= 11 is 0. The molecule has 2 N–H and O–H groups in total. The summed E-state index contributed by atoms with van der Waals surface area (Å²) < 4.78 is 7.11. The Bertz CT molecular complexity index is 646. The summed E-state index contributed by atoms with van der Waals surface area (Å²) in [7, 11) is 1.95. The van der Waals surface area contributed by atoms with E-state index in [2.05, 4.69) is 20.8 Å². The topological polar surface area (TPSA) is 81.1 Å². The van der Waals surface area contributed by atoms with Crippen LogP contribution in [0.25, 0.3) is 11.3 Å². The van der Waals surface area contributed by atoms with Gasteiger partial charge in [0.25, 0.3) is 0 Å². The Hall–Kier alpha value is -2.41. The molecule has 2 aromatic heterocycles. The zero-order valence-corrected chi connectivity index (χ0v) is 14.0. The number of carbonyl (C=O) groups is 1. The van der Waals surface area contributed by atoms with Gasteiger partial charge in [-0.3, -0.25) is 10.4 Å².